The van der Waals surface area contributed by atoms with Gasteiger partial charge in [-0.05, 0) is 18.6 Å². The molecule has 6 heteroatoms. The minimum absolute atomic E-state index is 0.525. The fraction of sp³-hybridized carbons (Fsp3) is 0.182. The van der Waals surface area contributed by atoms with Crippen molar-refractivity contribution in [1.29, 1.82) is 0 Å². The van der Waals surface area contributed by atoms with E-state index < -0.39 is 0 Å². The van der Waals surface area contributed by atoms with Gasteiger partial charge in [-0.2, -0.15) is 0 Å². The van der Waals surface area contributed by atoms with E-state index in [1.807, 2.05) is 25.3 Å². The first-order valence-corrected chi connectivity index (χ1v) is 5.22. The molecule has 4 N–H and O–H groups in total. The van der Waals surface area contributed by atoms with Crippen LogP contribution < -0.4 is 16.6 Å². The Balaban J connectivity index is 1.99. The molecule has 2 aromatic rings. The Bertz CT molecular complexity index is 482. The molecule has 0 unspecified atom stereocenters. The van der Waals surface area contributed by atoms with Crippen molar-refractivity contribution in [1.82, 2.24) is 15.0 Å². The van der Waals surface area contributed by atoms with Crippen LogP contribution in [0.3, 0.4) is 0 Å². The van der Waals surface area contributed by atoms with Crippen LogP contribution in [-0.4, -0.2) is 15.0 Å². The molecule has 0 fully saturated rings. The monoisotopic (exact) mass is 230 g/mol. The Hall–Kier alpha value is -2.21. The number of nitrogens with two attached hydrogens (primary N) is 1. The van der Waals surface area contributed by atoms with Crippen LogP contribution in [0.15, 0.2) is 30.7 Å². The van der Waals surface area contributed by atoms with E-state index >= 15 is 0 Å². The highest BCUT2D eigenvalue weighted by Crippen LogP contribution is 2.07. The molecule has 88 valence electrons. The summed E-state index contributed by atoms with van der Waals surface area (Å²) in [6, 6.07) is 3.99. The van der Waals surface area contributed by atoms with E-state index in [9.17, 15) is 0 Å². The SMILES string of the molecule is Cc1ccc(CNc2cncc(NN)n2)cn1. The molecular formula is C11H14N6. The molecule has 0 spiro atoms. The Morgan fingerprint density at radius 1 is 1.18 bits per heavy atom. The van der Waals surface area contributed by atoms with E-state index in [4.69, 9.17) is 5.84 Å². The topological polar surface area (TPSA) is 88.8 Å². The zero-order chi connectivity index (χ0) is 12.1. The Morgan fingerprint density at radius 3 is 2.71 bits per heavy atom. The Kier molecular flexibility index (Phi) is 3.46. The van der Waals surface area contributed by atoms with Gasteiger partial charge in [0, 0.05) is 18.4 Å². The second kappa shape index (κ2) is 5.22. The molecular weight excluding hydrogens is 216 g/mol. The van der Waals surface area contributed by atoms with Gasteiger partial charge in [-0.1, -0.05) is 6.07 Å². The van der Waals surface area contributed by atoms with Gasteiger partial charge in [-0.25, -0.2) is 10.8 Å². The molecule has 0 atom stereocenters. The summed E-state index contributed by atoms with van der Waals surface area (Å²) >= 11 is 0. The summed E-state index contributed by atoms with van der Waals surface area (Å²) in [6.07, 6.45) is 5.03. The van der Waals surface area contributed by atoms with Crippen LogP contribution in [0.5, 0.6) is 0 Å². The third-order valence-corrected chi connectivity index (χ3v) is 2.23. The molecule has 0 aliphatic carbocycles. The summed E-state index contributed by atoms with van der Waals surface area (Å²) in [5.74, 6) is 6.44. The smallest absolute Gasteiger partial charge is 0.160 e. The molecule has 2 rings (SSSR count). The van der Waals surface area contributed by atoms with Gasteiger partial charge in [-0.15, -0.1) is 0 Å². The van der Waals surface area contributed by atoms with Gasteiger partial charge in [0.05, 0.1) is 12.4 Å². The fourth-order valence-corrected chi connectivity index (χ4v) is 1.32. The van der Waals surface area contributed by atoms with Gasteiger partial charge in [-0.3, -0.25) is 9.97 Å². The van der Waals surface area contributed by atoms with E-state index in [1.54, 1.807) is 12.4 Å². The number of aromatic nitrogens is 3. The maximum Gasteiger partial charge on any atom is 0.160 e. The van der Waals surface area contributed by atoms with Crippen LogP contribution in [-0.2, 0) is 6.54 Å². The number of aryl methyl sites for hydroxylation is 1. The lowest BCUT2D eigenvalue weighted by Crippen LogP contribution is -2.10. The maximum atomic E-state index is 5.25. The number of hydrogen-bond donors (Lipinski definition) is 3. The van der Waals surface area contributed by atoms with Crippen molar-refractivity contribution < 1.29 is 0 Å². The van der Waals surface area contributed by atoms with Crippen molar-refractivity contribution in [2.24, 2.45) is 5.84 Å². The molecule has 0 saturated heterocycles. The van der Waals surface area contributed by atoms with E-state index in [-0.39, 0.29) is 0 Å². The normalized spacial score (nSPS) is 10.0. The van der Waals surface area contributed by atoms with Crippen LogP contribution in [0.4, 0.5) is 11.6 Å². The van der Waals surface area contributed by atoms with E-state index in [0.717, 1.165) is 11.3 Å². The average molecular weight is 230 g/mol. The lowest BCUT2D eigenvalue weighted by atomic mass is 10.2. The number of hydrazine groups is 1. The van der Waals surface area contributed by atoms with Crippen LogP contribution >= 0.6 is 0 Å². The summed E-state index contributed by atoms with van der Waals surface area (Å²) in [5, 5.41) is 3.15. The highest BCUT2D eigenvalue weighted by Gasteiger charge is 1.98. The van der Waals surface area contributed by atoms with Crippen molar-refractivity contribution in [3.63, 3.8) is 0 Å². The maximum absolute atomic E-state index is 5.25. The molecule has 6 nitrogen and oxygen atoms in total. The summed E-state index contributed by atoms with van der Waals surface area (Å²) in [4.78, 5) is 12.4. The van der Waals surface area contributed by atoms with Gasteiger partial charge in [0.1, 0.15) is 5.82 Å². The molecule has 2 heterocycles. The van der Waals surface area contributed by atoms with Crippen LogP contribution in [0.1, 0.15) is 11.3 Å². The van der Waals surface area contributed by atoms with E-state index in [2.05, 4.69) is 25.7 Å². The highest BCUT2D eigenvalue weighted by atomic mass is 15.3. The molecule has 0 amide bonds. The quantitative estimate of drug-likeness (QED) is 0.538. The van der Waals surface area contributed by atoms with Gasteiger partial charge in [0.2, 0.25) is 0 Å². The first-order valence-electron chi connectivity index (χ1n) is 5.22. The standard InChI is InChI=1S/C11H14N6/c1-8-2-3-9(4-14-8)5-15-10-6-13-7-11(16-10)17-12/h2-4,6-7H,5,12H2,1H3,(H2,15,16,17). The number of nitrogen functional groups attached to an aromatic ring is 1. The third kappa shape index (κ3) is 3.12. The molecule has 0 radical (unpaired) electrons. The number of nitrogens with zero attached hydrogens (tertiary/aromatic N) is 3. The number of rotatable bonds is 4. The minimum Gasteiger partial charge on any atom is -0.365 e. The number of anilines is 2. The van der Waals surface area contributed by atoms with Crippen molar-refractivity contribution in [3.8, 4) is 0 Å². The lowest BCUT2D eigenvalue weighted by Gasteiger charge is -2.06. The molecule has 0 aliphatic rings. The largest absolute Gasteiger partial charge is 0.365 e. The van der Waals surface area contributed by atoms with Gasteiger partial charge >= 0.3 is 0 Å². The zero-order valence-corrected chi connectivity index (χ0v) is 9.51. The first-order chi connectivity index (χ1) is 8.28. The molecule has 2 aromatic heterocycles. The fourth-order valence-electron chi connectivity index (χ4n) is 1.32. The second-order valence-electron chi connectivity index (χ2n) is 3.60. The molecule has 17 heavy (non-hydrogen) atoms. The van der Waals surface area contributed by atoms with Gasteiger partial charge in [0.15, 0.2) is 5.82 Å². The number of hydrogen-bond acceptors (Lipinski definition) is 6. The van der Waals surface area contributed by atoms with E-state index in [0.29, 0.717) is 18.2 Å². The lowest BCUT2D eigenvalue weighted by molar-refractivity contribution is 1.05. The average Bonchev–Trinajstić information content (AvgIpc) is 2.38. The van der Waals surface area contributed by atoms with Gasteiger partial charge in [0.25, 0.3) is 0 Å². The highest BCUT2D eigenvalue weighted by molar-refractivity contribution is 5.41. The third-order valence-electron chi connectivity index (χ3n) is 2.23. The van der Waals surface area contributed by atoms with Crippen molar-refractivity contribution >= 4 is 11.6 Å². The molecule has 0 aliphatic heterocycles. The predicted molar refractivity (Wildman–Crippen MR) is 66.1 cm³/mol. The number of nitrogens with one attached hydrogen (secondary N) is 2. The van der Waals surface area contributed by atoms with Crippen LogP contribution in [0, 0.1) is 6.92 Å². The summed E-state index contributed by atoms with van der Waals surface area (Å²) in [6.45, 7) is 2.61. The molecule has 0 saturated carbocycles. The Labute approximate surface area is 99.3 Å². The van der Waals surface area contributed by atoms with Gasteiger partial charge < -0.3 is 10.7 Å². The van der Waals surface area contributed by atoms with E-state index in [1.165, 1.54) is 0 Å². The molecule has 0 bridgehead atoms. The van der Waals surface area contributed by atoms with Crippen molar-refractivity contribution in [3.05, 3.63) is 42.0 Å². The van der Waals surface area contributed by atoms with Crippen molar-refractivity contribution in [2.45, 2.75) is 13.5 Å². The number of pyridine rings is 1. The Morgan fingerprint density at radius 2 is 2.00 bits per heavy atom. The van der Waals surface area contributed by atoms with Crippen LogP contribution in [0.2, 0.25) is 0 Å². The van der Waals surface area contributed by atoms with Crippen molar-refractivity contribution in [2.75, 3.05) is 10.7 Å². The summed E-state index contributed by atoms with van der Waals surface area (Å²) in [5.41, 5.74) is 4.54. The first kappa shape index (κ1) is 11.3. The minimum atomic E-state index is 0.525. The predicted octanol–water partition coefficient (Wildman–Crippen LogP) is 1.08. The zero-order valence-electron chi connectivity index (χ0n) is 9.51. The molecule has 0 aromatic carbocycles. The summed E-state index contributed by atoms with van der Waals surface area (Å²) in [7, 11) is 0. The second-order valence-corrected chi connectivity index (χ2v) is 3.60. The van der Waals surface area contributed by atoms with Crippen LogP contribution in [0.25, 0.3) is 0 Å². The summed E-state index contributed by atoms with van der Waals surface area (Å²) < 4.78 is 0.